The third-order valence-electron chi connectivity index (χ3n) is 1.82. The zero-order valence-electron chi connectivity index (χ0n) is 8.99. The maximum absolute atomic E-state index is 11.6. The van der Waals surface area contributed by atoms with Gasteiger partial charge >= 0.3 is 5.82 Å². The minimum absolute atomic E-state index is 0.121. The van der Waals surface area contributed by atoms with Gasteiger partial charge in [0.1, 0.15) is 4.90 Å². The summed E-state index contributed by atoms with van der Waals surface area (Å²) in [7, 11) is -2.24. The maximum Gasteiger partial charge on any atom is 0.363 e. The van der Waals surface area contributed by atoms with Gasteiger partial charge in [0.15, 0.2) is 6.20 Å². The number of nitrogens with one attached hydrogen (secondary N) is 1. The van der Waals surface area contributed by atoms with Crippen LogP contribution in [-0.4, -0.2) is 38.6 Å². The first-order valence-electron chi connectivity index (χ1n) is 4.56. The Hall–Kier alpha value is -1.58. The number of ether oxygens (including phenoxy) is 1. The Morgan fingerprint density at radius 1 is 1.53 bits per heavy atom. The molecule has 0 atom stereocenters. The Morgan fingerprint density at radius 3 is 2.71 bits per heavy atom. The van der Waals surface area contributed by atoms with E-state index in [1.807, 2.05) is 0 Å². The molecule has 0 radical (unpaired) electrons. The van der Waals surface area contributed by atoms with E-state index >= 15 is 0 Å². The molecule has 8 nitrogen and oxygen atoms in total. The van der Waals surface area contributed by atoms with Crippen LogP contribution in [0.25, 0.3) is 0 Å². The predicted molar refractivity (Wildman–Crippen MR) is 58.0 cm³/mol. The van der Waals surface area contributed by atoms with Crippen molar-refractivity contribution in [1.82, 2.24) is 9.71 Å². The minimum Gasteiger partial charge on any atom is -0.383 e. The second-order valence-corrected chi connectivity index (χ2v) is 4.77. The number of aromatic nitrogens is 1. The molecule has 94 valence electrons. The van der Waals surface area contributed by atoms with Gasteiger partial charge in [0.05, 0.1) is 6.61 Å². The average molecular weight is 261 g/mol. The van der Waals surface area contributed by atoms with Crippen LogP contribution in [0.5, 0.6) is 0 Å². The van der Waals surface area contributed by atoms with Crippen LogP contribution in [-0.2, 0) is 14.8 Å². The molecule has 1 N–H and O–H groups in total. The van der Waals surface area contributed by atoms with E-state index in [4.69, 9.17) is 4.74 Å². The van der Waals surface area contributed by atoms with Crippen LogP contribution >= 0.6 is 0 Å². The molecule has 0 aliphatic heterocycles. The van der Waals surface area contributed by atoms with Crippen LogP contribution in [0.4, 0.5) is 5.82 Å². The highest BCUT2D eigenvalue weighted by Crippen LogP contribution is 2.11. The number of sulfonamides is 1. The molecule has 1 heterocycles. The summed E-state index contributed by atoms with van der Waals surface area (Å²) in [4.78, 5) is 12.9. The number of methoxy groups -OCH3 is 1. The minimum atomic E-state index is -3.69. The highest BCUT2D eigenvalue weighted by molar-refractivity contribution is 7.89. The van der Waals surface area contributed by atoms with Gasteiger partial charge in [-0.25, -0.2) is 13.1 Å². The lowest BCUT2D eigenvalue weighted by Crippen LogP contribution is -2.27. The van der Waals surface area contributed by atoms with Gasteiger partial charge in [-0.2, -0.15) is 0 Å². The SMILES string of the molecule is COCCNS(=O)(=O)c1ccc([N+](=O)[O-])nc1. The molecule has 0 saturated carbocycles. The van der Waals surface area contributed by atoms with Crippen LogP contribution in [0.2, 0.25) is 0 Å². The van der Waals surface area contributed by atoms with Crippen molar-refractivity contribution < 1.29 is 18.1 Å². The zero-order valence-corrected chi connectivity index (χ0v) is 9.81. The molecular formula is C8H11N3O5S. The van der Waals surface area contributed by atoms with E-state index in [9.17, 15) is 18.5 Å². The number of nitrogens with zero attached hydrogens (tertiary/aromatic N) is 2. The molecule has 17 heavy (non-hydrogen) atoms. The number of pyridine rings is 1. The summed E-state index contributed by atoms with van der Waals surface area (Å²) in [6, 6.07) is 2.16. The van der Waals surface area contributed by atoms with Crippen LogP contribution in [0, 0.1) is 10.1 Å². The third-order valence-corrected chi connectivity index (χ3v) is 3.26. The lowest BCUT2D eigenvalue weighted by Gasteiger charge is -2.04. The average Bonchev–Trinajstić information content (AvgIpc) is 2.29. The lowest BCUT2D eigenvalue weighted by molar-refractivity contribution is -0.389. The molecule has 0 amide bonds. The molecule has 1 aromatic rings. The number of hydrogen-bond acceptors (Lipinski definition) is 6. The van der Waals surface area contributed by atoms with Crippen LogP contribution in [0.15, 0.2) is 23.2 Å². The van der Waals surface area contributed by atoms with Crippen LogP contribution in [0.3, 0.4) is 0 Å². The van der Waals surface area contributed by atoms with Crippen molar-refractivity contribution in [3.05, 3.63) is 28.4 Å². The Kier molecular flexibility index (Phi) is 4.49. The lowest BCUT2D eigenvalue weighted by atomic mass is 10.5. The molecule has 0 spiro atoms. The standard InChI is InChI=1S/C8H11N3O5S/c1-16-5-4-10-17(14,15)7-2-3-8(9-6-7)11(12)13/h2-3,6,10H,4-5H2,1H3. The second kappa shape index (κ2) is 5.66. The topological polar surface area (TPSA) is 111 Å². The van der Waals surface area contributed by atoms with Gasteiger partial charge in [0, 0.05) is 19.7 Å². The summed E-state index contributed by atoms with van der Waals surface area (Å²) in [6.07, 6.45) is 0.938. The van der Waals surface area contributed by atoms with Gasteiger partial charge in [-0.05, 0) is 16.0 Å². The Bertz CT molecular complexity index is 484. The van der Waals surface area contributed by atoms with E-state index < -0.39 is 20.8 Å². The molecule has 9 heteroatoms. The number of nitro groups is 1. The smallest absolute Gasteiger partial charge is 0.363 e. The van der Waals surface area contributed by atoms with Crippen molar-refractivity contribution in [3.8, 4) is 0 Å². The van der Waals surface area contributed by atoms with Crippen molar-refractivity contribution in [2.45, 2.75) is 4.90 Å². The van der Waals surface area contributed by atoms with E-state index in [-0.39, 0.29) is 18.0 Å². The number of hydrogen-bond donors (Lipinski definition) is 1. The monoisotopic (exact) mass is 261 g/mol. The predicted octanol–water partition coefficient (Wildman–Crippen LogP) is -0.0855. The summed E-state index contributed by atoms with van der Waals surface area (Å²) in [6.45, 7) is 0.357. The molecule has 1 aromatic heterocycles. The Labute approximate surface area is 97.8 Å². The van der Waals surface area contributed by atoms with Gasteiger partial charge in [-0.3, -0.25) is 0 Å². The van der Waals surface area contributed by atoms with Crippen molar-refractivity contribution >= 4 is 15.8 Å². The second-order valence-electron chi connectivity index (χ2n) is 3.00. The van der Waals surface area contributed by atoms with Gasteiger partial charge in [-0.15, -0.1) is 0 Å². The van der Waals surface area contributed by atoms with Gasteiger partial charge < -0.3 is 14.9 Å². The summed E-state index contributed by atoms with van der Waals surface area (Å²) >= 11 is 0. The van der Waals surface area contributed by atoms with Gasteiger partial charge in [0.2, 0.25) is 10.0 Å². The van der Waals surface area contributed by atoms with E-state index in [1.165, 1.54) is 7.11 Å². The van der Waals surface area contributed by atoms with Crippen molar-refractivity contribution in [2.75, 3.05) is 20.3 Å². The number of rotatable bonds is 6. The first-order valence-corrected chi connectivity index (χ1v) is 6.05. The van der Waals surface area contributed by atoms with E-state index in [0.29, 0.717) is 0 Å². The highest BCUT2D eigenvalue weighted by Gasteiger charge is 2.17. The first-order chi connectivity index (χ1) is 7.97. The molecule has 0 saturated heterocycles. The fourth-order valence-corrected chi connectivity index (χ4v) is 1.96. The van der Waals surface area contributed by atoms with Gasteiger partial charge in [0.25, 0.3) is 0 Å². The largest absolute Gasteiger partial charge is 0.383 e. The van der Waals surface area contributed by atoms with E-state index in [1.54, 1.807) is 0 Å². The molecule has 0 bridgehead atoms. The fourth-order valence-electron chi connectivity index (χ4n) is 1.00. The van der Waals surface area contributed by atoms with E-state index in [2.05, 4.69) is 9.71 Å². The molecule has 0 aliphatic rings. The van der Waals surface area contributed by atoms with Crippen molar-refractivity contribution in [3.63, 3.8) is 0 Å². The molecular weight excluding hydrogens is 250 g/mol. The molecule has 1 rings (SSSR count). The molecule has 0 fully saturated rings. The van der Waals surface area contributed by atoms with E-state index in [0.717, 1.165) is 18.3 Å². The first kappa shape index (κ1) is 13.5. The fraction of sp³-hybridized carbons (Fsp3) is 0.375. The van der Waals surface area contributed by atoms with Gasteiger partial charge in [-0.1, -0.05) is 0 Å². The summed E-state index contributed by atoms with van der Waals surface area (Å²) in [5, 5.41) is 10.3. The molecule has 0 unspecified atom stereocenters. The maximum atomic E-state index is 11.6. The normalized spacial score (nSPS) is 11.4. The van der Waals surface area contributed by atoms with Crippen molar-refractivity contribution in [2.24, 2.45) is 0 Å². The summed E-state index contributed by atoms with van der Waals surface area (Å²) in [5.41, 5.74) is 0. The summed E-state index contributed by atoms with van der Waals surface area (Å²) in [5.74, 6) is -0.402. The molecule has 0 aromatic carbocycles. The Morgan fingerprint density at radius 2 is 2.24 bits per heavy atom. The molecule has 0 aliphatic carbocycles. The highest BCUT2D eigenvalue weighted by atomic mass is 32.2. The third kappa shape index (κ3) is 3.73. The quantitative estimate of drug-likeness (QED) is 0.435. The zero-order chi connectivity index (χ0) is 12.9. The van der Waals surface area contributed by atoms with Crippen molar-refractivity contribution in [1.29, 1.82) is 0 Å². The Balaban J connectivity index is 2.81. The van der Waals surface area contributed by atoms with Crippen LogP contribution < -0.4 is 4.72 Å². The summed E-state index contributed by atoms with van der Waals surface area (Å²) < 4.78 is 30.2. The van der Waals surface area contributed by atoms with Crippen LogP contribution in [0.1, 0.15) is 0 Å².